The number of carbonyl (C=O) groups is 2. The van der Waals surface area contributed by atoms with Crippen LogP contribution in [0.4, 0.5) is 4.79 Å². The fourth-order valence-corrected chi connectivity index (χ4v) is 2.35. The molecule has 7 heteroatoms. The van der Waals surface area contributed by atoms with Crippen LogP contribution in [0.15, 0.2) is 6.07 Å². The van der Waals surface area contributed by atoms with Crippen molar-refractivity contribution in [3.8, 4) is 5.88 Å². The highest BCUT2D eigenvalue weighted by Gasteiger charge is 2.28. The number of aromatic nitrogens is 1. The summed E-state index contributed by atoms with van der Waals surface area (Å²) in [7, 11) is 2.76. The SMILES string of the molecule is COC(=O)c1cc2c(nc1OC)CCN(C(=O)OC(C)(C)C)C2. The van der Waals surface area contributed by atoms with E-state index in [4.69, 9.17) is 14.2 Å². The summed E-state index contributed by atoms with van der Waals surface area (Å²) >= 11 is 0. The van der Waals surface area contributed by atoms with Crippen molar-refractivity contribution in [3.63, 3.8) is 0 Å². The van der Waals surface area contributed by atoms with Crippen molar-refractivity contribution in [2.24, 2.45) is 0 Å². The Morgan fingerprint density at radius 3 is 2.52 bits per heavy atom. The van der Waals surface area contributed by atoms with Gasteiger partial charge in [0.15, 0.2) is 0 Å². The summed E-state index contributed by atoms with van der Waals surface area (Å²) in [4.78, 5) is 30.0. The van der Waals surface area contributed by atoms with E-state index in [0.29, 0.717) is 19.5 Å². The van der Waals surface area contributed by atoms with Gasteiger partial charge >= 0.3 is 12.1 Å². The molecule has 0 N–H and O–H groups in total. The van der Waals surface area contributed by atoms with Crippen LogP contribution in [-0.2, 0) is 22.4 Å². The van der Waals surface area contributed by atoms with E-state index in [1.807, 2.05) is 20.8 Å². The number of nitrogens with zero attached hydrogens (tertiary/aromatic N) is 2. The Morgan fingerprint density at radius 2 is 1.96 bits per heavy atom. The maximum atomic E-state index is 12.2. The first-order valence-corrected chi connectivity index (χ1v) is 7.38. The van der Waals surface area contributed by atoms with Crippen LogP contribution in [0.25, 0.3) is 0 Å². The van der Waals surface area contributed by atoms with Gasteiger partial charge in [-0.1, -0.05) is 0 Å². The van der Waals surface area contributed by atoms with E-state index < -0.39 is 11.6 Å². The van der Waals surface area contributed by atoms with E-state index in [2.05, 4.69) is 4.98 Å². The van der Waals surface area contributed by atoms with Crippen LogP contribution in [0, 0.1) is 0 Å². The summed E-state index contributed by atoms with van der Waals surface area (Å²) in [5.74, 6) is -0.284. The summed E-state index contributed by atoms with van der Waals surface area (Å²) in [6, 6.07) is 1.67. The third-order valence-corrected chi connectivity index (χ3v) is 3.39. The number of hydrogen-bond donors (Lipinski definition) is 0. The Balaban J connectivity index is 2.26. The molecule has 1 amide bonds. The molecule has 1 aliphatic heterocycles. The second kappa shape index (κ2) is 6.44. The van der Waals surface area contributed by atoms with Crippen LogP contribution in [-0.4, -0.2) is 48.3 Å². The fraction of sp³-hybridized carbons (Fsp3) is 0.562. The maximum absolute atomic E-state index is 12.2. The highest BCUT2D eigenvalue weighted by molar-refractivity contribution is 5.92. The van der Waals surface area contributed by atoms with Crippen molar-refractivity contribution < 1.29 is 23.8 Å². The van der Waals surface area contributed by atoms with Crippen molar-refractivity contribution in [2.45, 2.75) is 39.3 Å². The first-order valence-electron chi connectivity index (χ1n) is 7.38. The zero-order chi connectivity index (χ0) is 17.2. The van der Waals surface area contributed by atoms with Crippen LogP contribution in [0.3, 0.4) is 0 Å². The summed E-state index contributed by atoms with van der Waals surface area (Å²) in [5, 5.41) is 0. The molecule has 0 unspecified atom stereocenters. The molecule has 1 aliphatic rings. The van der Waals surface area contributed by atoms with Crippen LogP contribution < -0.4 is 4.74 Å². The first kappa shape index (κ1) is 17.1. The molecule has 0 fully saturated rings. The third kappa shape index (κ3) is 3.91. The molecule has 0 saturated carbocycles. The van der Waals surface area contributed by atoms with Gasteiger partial charge in [-0.05, 0) is 32.4 Å². The van der Waals surface area contributed by atoms with E-state index in [-0.39, 0.29) is 17.5 Å². The molecular formula is C16H22N2O5. The van der Waals surface area contributed by atoms with E-state index in [1.165, 1.54) is 14.2 Å². The Kier molecular flexibility index (Phi) is 4.77. The number of methoxy groups -OCH3 is 2. The number of hydrogen-bond acceptors (Lipinski definition) is 6. The Labute approximate surface area is 135 Å². The van der Waals surface area contributed by atoms with Crippen molar-refractivity contribution in [2.75, 3.05) is 20.8 Å². The molecular weight excluding hydrogens is 300 g/mol. The normalized spacial score (nSPS) is 14.0. The van der Waals surface area contributed by atoms with Crippen molar-refractivity contribution >= 4 is 12.1 Å². The average molecular weight is 322 g/mol. The largest absolute Gasteiger partial charge is 0.480 e. The molecule has 1 aromatic heterocycles. The van der Waals surface area contributed by atoms with Gasteiger partial charge in [0.25, 0.3) is 0 Å². The fourth-order valence-electron chi connectivity index (χ4n) is 2.35. The van der Waals surface area contributed by atoms with Crippen LogP contribution in [0.1, 0.15) is 42.4 Å². The quantitative estimate of drug-likeness (QED) is 0.777. The van der Waals surface area contributed by atoms with Gasteiger partial charge in [0, 0.05) is 13.0 Å². The highest BCUT2D eigenvalue weighted by atomic mass is 16.6. The number of rotatable bonds is 2. The zero-order valence-electron chi connectivity index (χ0n) is 14.1. The molecule has 7 nitrogen and oxygen atoms in total. The number of pyridine rings is 1. The summed E-state index contributed by atoms with van der Waals surface area (Å²) in [6.45, 7) is 6.32. The molecule has 0 aromatic carbocycles. The van der Waals surface area contributed by atoms with Crippen molar-refractivity contribution in [1.82, 2.24) is 9.88 Å². The van der Waals surface area contributed by atoms with Gasteiger partial charge in [0.05, 0.1) is 26.5 Å². The van der Waals surface area contributed by atoms with Gasteiger partial charge in [-0.25, -0.2) is 14.6 Å². The molecule has 0 saturated heterocycles. The smallest absolute Gasteiger partial charge is 0.410 e. The number of esters is 1. The first-order chi connectivity index (χ1) is 10.7. The minimum Gasteiger partial charge on any atom is -0.480 e. The molecule has 0 bridgehead atoms. The number of amides is 1. The lowest BCUT2D eigenvalue weighted by molar-refractivity contribution is 0.0222. The molecule has 23 heavy (non-hydrogen) atoms. The van der Waals surface area contributed by atoms with E-state index >= 15 is 0 Å². The summed E-state index contributed by atoms with van der Waals surface area (Å²) < 4.78 is 15.3. The molecule has 2 heterocycles. The number of carbonyl (C=O) groups excluding carboxylic acids is 2. The lowest BCUT2D eigenvalue weighted by Crippen LogP contribution is -2.40. The number of fused-ring (bicyclic) bond motifs is 1. The molecule has 0 spiro atoms. The molecule has 126 valence electrons. The van der Waals surface area contributed by atoms with Crippen LogP contribution >= 0.6 is 0 Å². The Hall–Kier alpha value is -2.31. The summed E-state index contributed by atoms with van der Waals surface area (Å²) in [6.07, 6.45) is 0.199. The number of ether oxygens (including phenoxy) is 3. The van der Waals surface area contributed by atoms with Gasteiger partial charge < -0.3 is 19.1 Å². The predicted octanol–water partition coefficient (Wildman–Crippen LogP) is 2.17. The van der Waals surface area contributed by atoms with Gasteiger partial charge in [-0.3, -0.25) is 0 Å². The standard InChI is InChI=1S/C16H22N2O5/c1-16(2,3)23-15(20)18-7-6-12-10(9-18)8-11(14(19)22-5)13(17-12)21-4/h8H,6-7,9H2,1-5H3. The molecule has 0 radical (unpaired) electrons. The molecule has 2 rings (SSSR count). The van der Waals surface area contributed by atoms with Crippen molar-refractivity contribution in [1.29, 1.82) is 0 Å². The Morgan fingerprint density at radius 1 is 1.26 bits per heavy atom. The molecule has 0 atom stereocenters. The van der Waals surface area contributed by atoms with E-state index in [9.17, 15) is 9.59 Å². The average Bonchev–Trinajstić information content (AvgIpc) is 2.50. The zero-order valence-corrected chi connectivity index (χ0v) is 14.1. The topological polar surface area (TPSA) is 78.0 Å². The lowest BCUT2D eigenvalue weighted by atomic mass is 10.0. The predicted molar refractivity (Wildman–Crippen MR) is 82.5 cm³/mol. The van der Waals surface area contributed by atoms with Gasteiger partial charge in [-0.2, -0.15) is 0 Å². The van der Waals surface area contributed by atoms with Gasteiger partial charge in [-0.15, -0.1) is 0 Å². The summed E-state index contributed by atoms with van der Waals surface area (Å²) in [5.41, 5.74) is 1.31. The van der Waals surface area contributed by atoms with Crippen molar-refractivity contribution in [3.05, 3.63) is 22.9 Å². The lowest BCUT2D eigenvalue weighted by Gasteiger charge is -2.31. The van der Waals surface area contributed by atoms with Gasteiger partial charge in [0.1, 0.15) is 11.2 Å². The monoisotopic (exact) mass is 322 g/mol. The second-order valence-electron chi connectivity index (χ2n) is 6.29. The third-order valence-electron chi connectivity index (χ3n) is 3.39. The minimum atomic E-state index is -0.549. The van der Waals surface area contributed by atoms with Crippen LogP contribution in [0.2, 0.25) is 0 Å². The molecule has 0 aliphatic carbocycles. The van der Waals surface area contributed by atoms with Crippen LogP contribution in [0.5, 0.6) is 5.88 Å². The molecule has 1 aromatic rings. The maximum Gasteiger partial charge on any atom is 0.410 e. The van der Waals surface area contributed by atoms with Gasteiger partial charge in [0.2, 0.25) is 5.88 Å². The van der Waals surface area contributed by atoms with E-state index in [1.54, 1.807) is 11.0 Å². The highest BCUT2D eigenvalue weighted by Crippen LogP contribution is 2.26. The second-order valence-corrected chi connectivity index (χ2v) is 6.29. The van der Waals surface area contributed by atoms with E-state index in [0.717, 1.165) is 11.3 Å². The Bertz CT molecular complexity index is 622. The minimum absolute atomic E-state index is 0.237.